The van der Waals surface area contributed by atoms with Crippen molar-refractivity contribution in [3.05, 3.63) is 28.8 Å². The van der Waals surface area contributed by atoms with Gasteiger partial charge < -0.3 is 4.55 Å². The van der Waals surface area contributed by atoms with E-state index < -0.39 is 11.1 Å². The fraction of sp³-hybridized carbons (Fsp3) is 0.500. The average Bonchev–Trinajstić information content (AvgIpc) is 2.26. The van der Waals surface area contributed by atoms with Crippen LogP contribution in [0.2, 0.25) is 0 Å². The van der Waals surface area contributed by atoms with E-state index in [4.69, 9.17) is 0 Å². The summed E-state index contributed by atoms with van der Waals surface area (Å²) in [5.74, 6) is 0. The Morgan fingerprint density at radius 2 is 1.62 bits per heavy atom. The number of rotatable bonds is 4. The van der Waals surface area contributed by atoms with E-state index in [2.05, 4.69) is 13.8 Å². The molecule has 0 fully saturated rings. The van der Waals surface area contributed by atoms with Gasteiger partial charge in [0, 0.05) is 4.90 Å². The van der Waals surface area contributed by atoms with E-state index in [0.29, 0.717) is 4.90 Å². The van der Waals surface area contributed by atoms with Gasteiger partial charge in [-0.15, -0.1) is 0 Å². The van der Waals surface area contributed by atoms with Crippen molar-refractivity contribution >= 4 is 11.1 Å². The molecule has 1 aromatic carbocycles. The molecule has 1 rings (SSSR count). The van der Waals surface area contributed by atoms with Gasteiger partial charge in [-0.2, -0.15) is 0 Å². The zero-order chi connectivity index (χ0) is 11.4. The molecule has 2 nitrogen and oxygen atoms in total. The Morgan fingerprint density at radius 1 is 1.06 bits per heavy atom. The maximum Gasteiger partial charge on any atom is 1.00 e. The van der Waals surface area contributed by atoms with E-state index in [-0.39, 0.29) is 18.9 Å². The van der Waals surface area contributed by atoms with Crippen LogP contribution in [0.15, 0.2) is 17.0 Å². The third-order valence-corrected chi connectivity index (χ3v) is 3.49. The molecule has 0 saturated carbocycles. The minimum Gasteiger partial charge on any atom is -0.768 e. The Balaban J connectivity index is 0.00000225. The quantitative estimate of drug-likeness (QED) is 0.524. The third-order valence-electron chi connectivity index (χ3n) is 2.75. The average molecular weight is 232 g/mol. The molecule has 0 N–H and O–H groups in total. The summed E-state index contributed by atoms with van der Waals surface area (Å²) < 4.78 is 22.1. The predicted octanol–water partition coefficient (Wildman–Crippen LogP) is -0.384. The second-order valence-electron chi connectivity index (χ2n) is 3.48. The van der Waals surface area contributed by atoms with Crippen LogP contribution in [0, 0.1) is 0 Å². The number of hydrogen-bond acceptors (Lipinski definition) is 2. The number of benzene rings is 1. The van der Waals surface area contributed by atoms with E-state index in [1.165, 1.54) is 11.1 Å². The van der Waals surface area contributed by atoms with Crippen molar-refractivity contribution in [1.82, 2.24) is 0 Å². The predicted molar refractivity (Wildman–Crippen MR) is 61.8 cm³/mol. The van der Waals surface area contributed by atoms with E-state index >= 15 is 0 Å². The van der Waals surface area contributed by atoms with Crippen LogP contribution in [0.4, 0.5) is 0 Å². The third kappa shape index (κ3) is 3.21. The van der Waals surface area contributed by atoms with Crippen molar-refractivity contribution in [1.29, 1.82) is 0 Å². The molecule has 0 spiro atoms. The van der Waals surface area contributed by atoms with Gasteiger partial charge in [0.1, 0.15) is 0 Å². The van der Waals surface area contributed by atoms with Crippen LogP contribution in [-0.4, -0.2) is 8.76 Å². The van der Waals surface area contributed by atoms with Crippen LogP contribution in [-0.2, 0) is 30.3 Å². The second-order valence-corrected chi connectivity index (χ2v) is 4.38. The van der Waals surface area contributed by atoms with Crippen LogP contribution >= 0.6 is 0 Å². The van der Waals surface area contributed by atoms with Gasteiger partial charge in [-0.3, -0.25) is 4.21 Å². The standard InChI is InChI=1S/C12H18O2S.Li/c1-4-9-7-8-12(15(13)14)11(6-3)10(9)5-2;/h7-8H,4-6H2,1-3H3,(H,13,14);/q;+1/p-1. The molecule has 0 radical (unpaired) electrons. The minimum atomic E-state index is -2.11. The first-order chi connectivity index (χ1) is 7.15. The molecule has 0 heterocycles. The van der Waals surface area contributed by atoms with Gasteiger partial charge >= 0.3 is 18.9 Å². The smallest absolute Gasteiger partial charge is 0.768 e. The van der Waals surface area contributed by atoms with Crippen molar-refractivity contribution < 1.29 is 27.6 Å². The van der Waals surface area contributed by atoms with Gasteiger partial charge in [0.2, 0.25) is 0 Å². The van der Waals surface area contributed by atoms with Crippen LogP contribution in [0.1, 0.15) is 37.5 Å². The van der Waals surface area contributed by atoms with E-state index in [9.17, 15) is 8.76 Å². The van der Waals surface area contributed by atoms with Gasteiger partial charge in [-0.25, -0.2) is 0 Å². The normalized spacial score (nSPS) is 12.0. The Hall–Kier alpha value is -0.0726. The molecule has 1 unspecified atom stereocenters. The van der Waals surface area contributed by atoms with Crippen molar-refractivity contribution in [3.8, 4) is 0 Å². The summed E-state index contributed by atoms with van der Waals surface area (Å²) in [6.45, 7) is 6.18. The monoisotopic (exact) mass is 232 g/mol. The van der Waals surface area contributed by atoms with Crippen molar-refractivity contribution in [2.24, 2.45) is 0 Å². The molecular formula is C12H17LiO2S. The second kappa shape index (κ2) is 7.29. The summed E-state index contributed by atoms with van der Waals surface area (Å²) in [5, 5.41) is 0. The summed E-state index contributed by atoms with van der Waals surface area (Å²) in [6.07, 6.45) is 2.64. The molecule has 84 valence electrons. The maximum absolute atomic E-state index is 11.0. The Kier molecular flexibility index (Phi) is 7.26. The first kappa shape index (κ1) is 15.9. The van der Waals surface area contributed by atoms with E-state index in [0.717, 1.165) is 24.8 Å². The summed E-state index contributed by atoms with van der Waals surface area (Å²) >= 11 is -2.11. The largest absolute Gasteiger partial charge is 1.00 e. The molecule has 0 saturated heterocycles. The zero-order valence-corrected chi connectivity index (χ0v) is 11.3. The molecular weight excluding hydrogens is 215 g/mol. The SMILES string of the molecule is CCc1ccc(S(=O)[O-])c(CC)c1CC.[Li+]. The van der Waals surface area contributed by atoms with Gasteiger partial charge in [-0.1, -0.05) is 26.8 Å². The van der Waals surface area contributed by atoms with Crippen LogP contribution in [0.5, 0.6) is 0 Å². The van der Waals surface area contributed by atoms with Crippen molar-refractivity contribution in [3.63, 3.8) is 0 Å². The maximum atomic E-state index is 11.0. The molecule has 0 aliphatic heterocycles. The Bertz CT molecular complexity index is 378. The topological polar surface area (TPSA) is 40.1 Å². The summed E-state index contributed by atoms with van der Waals surface area (Å²) in [6, 6.07) is 3.66. The van der Waals surface area contributed by atoms with Crippen LogP contribution < -0.4 is 18.9 Å². The van der Waals surface area contributed by atoms with Crippen molar-refractivity contribution in [2.75, 3.05) is 0 Å². The summed E-state index contributed by atoms with van der Waals surface area (Å²) in [4.78, 5) is 0.464. The molecule has 0 amide bonds. The minimum absolute atomic E-state index is 0. The molecule has 0 aromatic heterocycles. The van der Waals surface area contributed by atoms with Gasteiger partial charge in [0.15, 0.2) is 0 Å². The number of hydrogen-bond donors (Lipinski definition) is 0. The van der Waals surface area contributed by atoms with Crippen LogP contribution in [0.3, 0.4) is 0 Å². The Labute approximate surface area is 112 Å². The summed E-state index contributed by atoms with van der Waals surface area (Å²) in [5.41, 5.74) is 3.47. The summed E-state index contributed by atoms with van der Waals surface area (Å²) in [7, 11) is 0. The molecule has 0 bridgehead atoms. The van der Waals surface area contributed by atoms with Gasteiger partial charge in [-0.05, 0) is 53.1 Å². The first-order valence-corrected chi connectivity index (χ1v) is 6.46. The van der Waals surface area contributed by atoms with Crippen molar-refractivity contribution in [2.45, 2.75) is 44.9 Å². The Morgan fingerprint density at radius 3 is 2.00 bits per heavy atom. The fourth-order valence-electron chi connectivity index (χ4n) is 2.04. The number of aryl methyl sites for hydroxylation is 1. The van der Waals surface area contributed by atoms with E-state index in [1.54, 1.807) is 6.07 Å². The van der Waals surface area contributed by atoms with Gasteiger partial charge in [0.05, 0.1) is 0 Å². The molecule has 0 aliphatic rings. The molecule has 16 heavy (non-hydrogen) atoms. The van der Waals surface area contributed by atoms with E-state index in [1.807, 2.05) is 13.0 Å². The first-order valence-electron chi connectivity index (χ1n) is 5.38. The molecule has 4 heteroatoms. The fourth-order valence-corrected chi connectivity index (χ4v) is 2.68. The molecule has 1 atom stereocenters. The molecule has 0 aliphatic carbocycles. The molecule has 1 aromatic rings. The zero-order valence-electron chi connectivity index (χ0n) is 10.5. The van der Waals surface area contributed by atoms with Gasteiger partial charge in [0.25, 0.3) is 0 Å². The van der Waals surface area contributed by atoms with Crippen LogP contribution in [0.25, 0.3) is 0 Å².